The van der Waals surface area contributed by atoms with Crippen LogP contribution in [0.1, 0.15) is 10.4 Å². The van der Waals surface area contributed by atoms with Gasteiger partial charge in [0.15, 0.2) is 5.58 Å². The van der Waals surface area contributed by atoms with Crippen LogP contribution in [0.25, 0.3) is 11.0 Å². The first-order valence-corrected chi connectivity index (χ1v) is 7.14. The number of nitrogens with one attached hydrogen (secondary N) is 1. The molecule has 23 heavy (non-hydrogen) atoms. The predicted molar refractivity (Wildman–Crippen MR) is 88.4 cm³/mol. The van der Waals surface area contributed by atoms with E-state index in [2.05, 4.69) is 5.32 Å². The maximum atomic E-state index is 12.4. The molecule has 3 aromatic rings. The standard InChI is InChI=1S/C17H12ClNO4/c1-22-14-8-3-2-7-13(14)19-16(20)11-9-10-5-4-6-12(18)15(10)23-17(11)21/h2-9H,1H3,(H,19,20). The van der Waals surface area contributed by atoms with Gasteiger partial charge in [0.2, 0.25) is 0 Å². The molecular formula is C17H12ClNO4. The Morgan fingerprint density at radius 1 is 1.17 bits per heavy atom. The number of ether oxygens (including phenoxy) is 1. The Kier molecular flexibility index (Phi) is 4.04. The monoisotopic (exact) mass is 329 g/mol. The lowest BCUT2D eigenvalue weighted by molar-refractivity contribution is 0.102. The zero-order valence-electron chi connectivity index (χ0n) is 12.1. The average Bonchev–Trinajstić information content (AvgIpc) is 2.55. The number of amides is 1. The lowest BCUT2D eigenvalue weighted by Crippen LogP contribution is -2.21. The molecule has 6 heteroatoms. The van der Waals surface area contributed by atoms with Crippen LogP contribution < -0.4 is 15.7 Å². The molecule has 116 valence electrons. The third-order valence-electron chi connectivity index (χ3n) is 3.31. The number of rotatable bonds is 3. The summed E-state index contributed by atoms with van der Waals surface area (Å²) in [5.41, 5.74) is -0.137. The molecule has 2 aromatic carbocycles. The molecule has 0 radical (unpaired) electrons. The molecule has 0 saturated carbocycles. The molecule has 0 aliphatic carbocycles. The Morgan fingerprint density at radius 2 is 1.96 bits per heavy atom. The number of halogens is 1. The Labute approximate surface area is 136 Å². The third kappa shape index (κ3) is 2.91. The second kappa shape index (κ2) is 6.14. The van der Waals surface area contributed by atoms with Crippen LogP contribution >= 0.6 is 11.6 Å². The van der Waals surface area contributed by atoms with Crippen molar-refractivity contribution in [3.63, 3.8) is 0 Å². The molecule has 0 atom stereocenters. The second-order valence-electron chi connectivity index (χ2n) is 4.76. The minimum Gasteiger partial charge on any atom is -0.495 e. The predicted octanol–water partition coefficient (Wildman–Crippen LogP) is 3.71. The first-order valence-electron chi connectivity index (χ1n) is 6.77. The number of methoxy groups -OCH3 is 1. The smallest absolute Gasteiger partial charge is 0.349 e. The number of hydrogen-bond donors (Lipinski definition) is 1. The number of benzene rings is 2. The van der Waals surface area contributed by atoms with Crippen molar-refractivity contribution in [2.75, 3.05) is 12.4 Å². The summed E-state index contributed by atoms with van der Waals surface area (Å²) in [6, 6.07) is 13.4. The molecule has 0 bridgehead atoms. The zero-order chi connectivity index (χ0) is 16.4. The van der Waals surface area contributed by atoms with E-state index in [0.717, 1.165) is 0 Å². The molecule has 0 spiro atoms. The van der Waals surface area contributed by atoms with Gasteiger partial charge in [-0.15, -0.1) is 0 Å². The Bertz CT molecular complexity index is 949. The van der Waals surface area contributed by atoms with Crippen LogP contribution in [0.2, 0.25) is 5.02 Å². The molecule has 0 saturated heterocycles. The van der Waals surface area contributed by atoms with Crippen LogP contribution in [0, 0.1) is 0 Å². The van der Waals surface area contributed by atoms with Crippen molar-refractivity contribution in [1.82, 2.24) is 0 Å². The van der Waals surface area contributed by atoms with Crippen molar-refractivity contribution in [3.8, 4) is 5.75 Å². The van der Waals surface area contributed by atoms with Crippen LogP contribution in [0.4, 0.5) is 5.69 Å². The lowest BCUT2D eigenvalue weighted by atomic mass is 10.1. The number of carbonyl (C=O) groups is 1. The van der Waals surface area contributed by atoms with E-state index < -0.39 is 11.5 Å². The topological polar surface area (TPSA) is 68.5 Å². The first kappa shape index (κ1) is 15.1. The molecule has 0 aliphatic heterocycles. The third-order valence-corrected chi connectivity index (χ3v) is 3.61. The van der Waals surface area contributed by atoms with Crippen molar-refractivity contribution in [1.29, 1.82) is 0 Å². The lowest BCUT2D eigenvalue weighted by Gasteiger charge is -2.09. The van der Waals surface area contributed by atoms with Gasteiger partial charge in [0.25, 0.3) is 5.91 Å². The summed E-state index contributed by atoms with van der Waals surface area (Å²) >= 11 is 5.98. The van der Waals surface area contributed by atoms with Crippen LogP contribution in [0.3, 0.4) is 0 Å². The highest BCUT2D eigenvalue weighted by atomic mass is 35.5. The van der Waals surface area contributed by atoms with Gasteiger partial charge < -0.3 is 14.5 Å². The van der Waals surface area contributed by atoms with E-state index in [1.165, 1.54) is 13.2 Å². The summed E-state index contributed by atoms with van der Waals surface area (Å²) in [6.45, 7) is 0. The van der Waals surface area contributed by atoms with Crippen LogP contribution in [-0.2, 0) is 0 Å². The van der Waals surface area contributed by atoms with Crippen molar-refractivity contribution >= 4 is 34.2 Å². The summed E-state index contributed by atoms with van der Waals surface area (Å²) in [6.07, 6.45) is 0. The van der Waals surface area contributed by atoms with E-state index in [1.54, 1.807) is 42.5 Å². The molecule has 0 unspecified atom stereocenters. The van der Waals surface area contributed by atoms with E-state index in [-0.39, 0.29) is 11.1 Å². The average molecular weight is 330 g/mol. The van der Waals surface area contributed by atoms with Crippen molar-refractivity contribution < 1.29 is 13.9 Å². The molecule has 1 aromatic heterocycles. The summed E-state index contributed by atoms with van der Waals surface area (Å²) < 4.78 is 10.3. The molecule has 1 heterocycles. The van der Waals surface area contributed by atoms with E-state index in [1.807, 2.05) is 0 Å². The normalized spacial score (nSPS) is 10.5. The van der Waals surface area contributed by atoms with E-state index in [0.29, 0.717) is 21.8 Å². The molecule has 1 amide bonds. The van der Waals surface area contributed by atoms with Gasteiger partial charge in [-0.25, -0.2) is 4.79 Å². The van der Waals surface area contributed by atoms with Gasteiger partial charge in [0.1, 0.15) is 11.3 Å². The molecule has 0 aliphatic rings. The minimum atomic E-state index is -0.752. The molecule has 0 fully saturated rings. The van der Waals surface area contributed by atoms with E-state index in [4.69, 9.17) is 20.8 Å². The van der Waals surface area contributed by atoms with Crippen molar-refractivity contribution in [2.45, 2.75) is 0 Å². The number of carbonyl (C=O) groups excluding carboxylic acids is 1. The Morgan fingerprint density at radius 3 is 2.74 bits per heavy atom. The van der Waals surface area contributed by atoms with Gasteiger partial charge in [-0.1, -0.05) is 35.9 Å². The largest absolute Gasteiger partial charge is 0.495 e. The zero-order valence-corrected chi connectivity index (χ0v) is 12.9. The second-order valence-corrected chi connectivity index (χ2v) is 5.17. The number of para-hydroxylation sites is 3. The van der Waals surface area contributed by atoms with Crippen molar-refractivity contribution in [3.05, 3.63) is 69.5 Å². The fourth-order valence-corrected chi connectivity index (χ4v) is 2.43. The quantitative estimate of drug-likeness (QED) is 0.744. The highest BCUT2D eigenvalue weighted by Gasteiger charge is 2.16. The van der Waals surface area contributed by atoms with Gasteiger partial charge in [0.05, 0.1) is 17.8 Å². The van der Waals surface area contributed by atoms with Gasteiger partial charge in [-0.3, -0.25) is 4.79 Å². The Balaban J connectivity index is 2.01. The molecule has 1 N–H and O–H groups in total. The van der Waals surface area contributed by atoms with Gasteiger partial charge in [0, 0.05) is 5.39 Å². The van der Waals surface area contributed by atoms with Crippen molar-refractivity contribution in [2.24, 2.45) is 0 Å². The first-order chi connectivity index (χ1) is 11.1. The van der Waals surface area contributed by atoms with Crippen LogP contribution in [0.15, 0.2) is 57.7 Å². The minimum absolute atomic E-state index is 0.106. The number of fused-ring (bicyclic) bond motifs is 1. The number of hydrogen-bond acceptors (Lipinski definition) is 4. The van der Waals surface area contributed by atoms with Gasteiger partial charge in [-0.05, 0) is 24.3 Å². The van der Waals surface area contributed by atoms with E-state index >= 15 is 0 Å². The summed E-state index contributed by atoms with van der Waals surface area (Å²) in [5.74, 6) is -0.0841. The summed E-state index contributed by atoms with van der Waals surface area (Å²) in [4.78, 5) is 24.4. The fourth-order valence-electron chi connectivity index (χ4n) is 2.20. The van der Waals surface area contributed by atoms with Crippen LogP contribution in [0.5, 0.6) is 5.75 Å². The van der Waals surface area contributed by atoms with Gasteiger partial charge >= 0.3 is 5.63 Å². The van der Waals surface area contributed by atoms with Crippen LogP contribution in [-0.4, -0.2) is 13.0 Å². The maximum Gasteiger partial charge on any atom is 0.349 e. The highest BCUT2D eigenvalue weighted by molar-refractivity contribution is 6.34. The molecular weight excluding hydrogens is 318 g/mol. The molecule has 3 rings (SSSR count). The van der Waals surface area contributed by atoms with Gasteiger partial charge in [-0.2, -0.15) is 0 Å². The fraction of sp³-hybridized carbons (Fsp3) is 0.0588. The number of anilines is 1. The Hall–Kier alpha value is -2.79. The molecule has 5 nitrogen and oxygen atoms in total. The maximum absolute atomic E-state index is 12.4. The summed E-state index contributed by atoms with van der Waals surface area (Å²) in [7, 11) is 1.50. The summed E-state index contributed by atoms with van der Waals surface area (Å²) in [5, 5.41) is 3.53. The highest BCUT2D eigenvalue weighted by Crippen LogP contribution is 2.25. The van der Waals surface area contributed by atoms with E-state index in [9.17, 15) is 9.59 Å². The SMILES string of the molecule is COc1ccccc1NC(=O)c1cc2cccc(Cl)c2oc1=O.